The molecule has 0 saturated heterocycles. The van der Waals surface area contributed by atoms with E-state index in [2.05, 4.69) is 0 Å². The van der Waals surface area contributed by atoms with Crippen LogP contribution in [0.1, 0.15) is 0 Å². The van der Waals surface area contributed by atoms with Crippen LogP contribution in [0.2, 0.25) is 0 Å². The summed E-state index contributed by atoms with van der Waals surface area (Å²) in [6.07, 6.45) is 0. The summed E-state index contributed by atoms with van der Waals surface area (Å²) in [6.45, 7) is 0. The molecule has 24 heavy (non-hydrogen) atoms. The van der Waals surface area contributed by atoms with Crippen molar-refractivity contribution in [2.75, 3.05) is 21.3 Å². The molecular weight excluding hydrogens is 300 g/mol. The third-order valence-corrected chi connectivity index (χ3v) is 3.98. The molecule has 0 atom stereocenters. The van der Waals surface area contributed by atoms with E-state index in [1.54, 1.807) is 21.3 Å². The van der Waals surface area contributed by atoms with Gasteiger partial charge in [0.15, 0.2) is 0 Å². The average Bonchev–Trinajstić information content (AvgIpc) is 2.67. The second-order valence-corrected chi connectivity index (χ2v) is 5.30. The number of hydrogen-bond acceptors (Lipinski definition) is 3. The Hall–Kier alpha value is -2.94. The molecule has 0 saturated carbocycles. The Morgan fingerprint density at radius 3 is 1.29 bits per heavy atom. The van der Waals surface area contributed by atoms with Gasteiger partial charge in [-0.05, 0) is 11.1 Å². The Kier molecular flexibility index (Phi) is 4.71. The normalized spacial score (nSPS) is 10.3. The molecule has 3 aromatic rings. The summed E-state index contributed by atoms with van der Waals surface area (Å²) in [7, 11) is 4.98. The molecule has 3 aromatic carbocycles. The van der Waals surface area contributed by atoms with Crippen molar-refractivity contribution in [3.63, 3.8) is 0 Å². The Labute approximate surface area is 142 Å². The van der Waals surface area contributed by atoms with Crippen molar-refractivity contribution in [1.82, 2.24) is 0 Å². The molecule has 0 radical (unpaired) electrons. The lowest BCUT2D eigenvalue weighted by Gasteiger charge is -2.20. The largest absolute Gasteiger partial charge is 0.496 e. The molecule has 0 spiro atoms. The number of benzene rings is 3. The van der Waals surface area contributed by atoms with Crippen LogP contribution in [-0.4, -0.2) is 21.3 Å². The first-order chi connectivity index (χ1) is 11.8. The lowest BCUT2D eigenvalue weighted by Crippen LogP contribution is -1.99. The minimum absolute atomic E-state index is 0.717. The van der Waals surface area contributed by atoms with E-state index in [1.807, 2.05) is 66.7 Å². The zero-order valence-corrected chi connectivity index (χ0v) is 14.1. The predicted octanol–water partition coefficient (Wildman–Crippen LogP) is 5.05. The second-order valence-electron chi connectivity index (χ2n) is 5.30. The maximum atomic E-state index is 5.81. The van der Waals surface area contributed by atoms with Gasteiger partial charge in [-0.3, -0.25) is 0 Å². The molecule has 0 aliphatic heterocycles. The standard InChI is InChI=1S/C21H20O3/c1-22-17-14-18(23-2)20(16-12-8-5-9-13-16)21(24-3)19(17)15-10-6-4-7-11-15/h4-14H,1-3H3. The molecule has 0 N–H and O–H groups in total. The first-order valence-corrected chi connectivity index (χ1v) is 7.74. The summed E-state index contributed by atoms with van der Waals surface area (Å²) in [4.78, 5) is 0. The van der Waals surface area contributed by atoms with Crippen molar-refractivity contribution in [1.29, 1.82) is 0 Å². The summed E-state index contributed by atoms with van der Waals surface area (Å²) in [6, 6.07) is 22.1. The van der Waals surface area contributed by atoms with Crippen molar-refractivity contribution in [2.24, 2.45) is 0 Å². The van der Waals surface area contributed by atoms with E-state index in [-0.39, 0.29) is 0 Å². The van der Waals surface area contributed by atoms with Gasteiger partial charge in [0.1, 0.15) is 17.2 Å². The monoisotopic (exact) mass is 320 g/mol. The minimum atomic E-state index is 0.717. The molecule has 0 bridgehead atoms. The second kappa shape index (κ2) is 7.09. The van der Waals surface area contributed by atoms with E-state index < -0.39 is 0 Å². The van der Waals surface area contributed by atoms with Gasteiger partial charge in [0.25, 0.3) is 0 Å². The van der Waals surface area contributed by atoms with E-state index in [9.17, 15) is 0 Å². The first kappa shape index (κ1) is 15.9. The molecular formula is C21H20O3. The third kappa shape index (κ3) is 2.81. The van der Waals surface area contributed by atoms with Gasteiger partial charge in [0, 0.05) is 6.07 Å². The number of hydrogen-bond donors (Lipinski definition) is 0. The lowest BCUT2D eigenvalue weighted by atomic mass is 9.95. The maximum absolute atomic E-state index is 5.81. The Balaban J connectivity index is 2.37. The molecule has 3 rings (SSSR count). The molecule has 3 nitrogen and oxygen atoms in total. The fourth-order valence-electron chi connectivity index (χ4n) is 2.89. The molecule has 0 aliphatic carbocycles. The highest BCUT2D eigenvalue weighted by Crippen LogP contribution is 2.49. The van der Waals surface area contributed by atoms with Crippen LogP contribution in [0.3, 0.4) is 0 Å². The van der Waals surface area contributed by atoms with E-state index in [0.717, 1.165) is 39.5 Å². The highest BCUT2D eigenvalue weighted by molar-refractivity contribution is 5.90. The molecule has 0 aromatic heterocycles. The number of rotatable bonds is 5. The van der Waals surface area contributed by atoms with Crippen molar-refractivity contribution < 1.29 is 14.2 Å². The summed E-state index contributed by atoms with van der Waals surface area (Å²) >= 11 is 0. The summed E-state index contributed by atoms with van der Waals surface area (Å²) in [5, 5.41) is 0. The summed E-state index contributed by atoms with van der Waals surface area (Å²) < 4.78 is 17.0. The van der Waals surface area contributed by atoms with Gasteiger partial charge in [0.05, 0.1) is 32.5 Å². The minimum Gasteiger partial charge on any atom is -0.496 e. The molecule has 3 heteroatoms. The van der Waals surface area contributed by atoms with Crippen LogP contribution >= 0.6 is 0 Å². The quantitative estimate of drug-likeness (QED) is 0.658. The highest BCUT2D eigenvalue weighted by Gasteiger charge is 2.22. The fraction of sp³-hybridized carbons (Fsp3) is 0.143. The zero-order valence-electron chi connectivity index (χ0n) is 14.1. The molecule has 0 amide bonds. The average molecular weight is 320 g/mol. The number of methoxy groups -OCH3 is 3. The van der Waals surface area contributed by atoms with Crippen LogP contribution in [0.5, 0.6) is 17.2 Å². The van der Waals surface area contributed by atoms with Crippen molar-refractivity contribution in [3.8, 4) is 39.5 Å². The van der Waals surface area contributed by atoms with Gasteiger partial charge in [-0.15, -0.1) is 0 Å². The Morgan fingerprint density at radius 1 is 0.542 bits per heavy atom. The van der Waals surface area contributed by atoms with Crippen LogP contribution in [-0.2, 0) is 0 Å². The smallest absolute Gasteiger partial charge is 0.141 e. The van der Waals surface area contributed by atoms with E-state index in [0.29, 0.717) is 0 Å². The molecule has 0 aliphatic rings. The van der Waals surface area contributed by atoms with E-state index >= 15 is 0 Å². The first-order valence-electron chi connectivity index (χ1n) is 7.74. The topological polar surface area (TPSA) is 27.7 Å². The predicted molar refractivity (Wildman–Crippen MR) is 97.0 cm³/mol. The number of ether oxygens (including phenoxy) is 3. The van der Waals surface area contributed by atoms with Gasteiger partial charge < -0.3 is 14.2 Å². The van der Waals surface area contributed by atoms with Crippen molar-refractivity contribution in [3.05, 3.63) is 66.7 Å². The van der Waals surface area contributed by atoms with Crippen LogP contribution in [0.15, 0.2) is 66.7 Å². The summed E-state index contributed by atoms with van der Waals surface area (Å²) in [5.41, 5.74) is 3.90. The van der Waals surface area contributed by atoms with Gasteiger partial charge in [-0.25, -0.2) is 0 Å². The van der Waals surface area contributed by atoms with Crippen molar-refractivity contribution >= 4 is 0 Å². The third-order valence-electron chi connectivity index (χ3n) is 3.98. The molecule has 0 fully saturated rings. The molecule has 0 heterocycles. The lowest BCUT2D eigenvalue weighted by molar-refractivity contribution is 0.380. The van der Waals surface area contributed by atoms with Crippen LogP contribution < -0.4 is 14.2 Å². The van der Waals surface area contributed by atoms with Crippen molar-refractivity contribution in [2.45, 2.75) is 0 Å². The van der Waals surface area contributed by atoms with Gasteiger partial charge in [-0.2, -0.15) is 0 Å². The van der Waals surface area contributed by atoms with Gasteiger partial charge in [-0.1, -0.05) is 60.7 Å². The van der Waals surface area contributed by atoms with Gasteiger partial charge in [0.2, 0.25) is 0 Å². The zero-order chi connectivity index (χ0) is 16.9. The van der Waals surface area contributed by atoms with Gasteiger partial charge >= 0.3 is 0 Å². The van der Waals surface area contributed by atoms with E-state index in [4.69, 9.17) is 14.2 Å². The van der Waals surface area contributed by atoms with Crippen LogP contribution in [0, 0.1) is 0 Å². The van der Waals surface area contributed by atoms with Crippen LogP contribution in [0.25, 0.3) is 22.3 Å². The highest BCUT2D eigenvalue weighted by atomic mass is 16.5. The molecule has 0 unspecified atom stereocenters. The SMILES string of the molecule is COc1cc(OC)c(-c2ccccc2)c(OC)c1-c1ccccc1. The maximum Gasteiger partial charge on any atom is 0.141 e. The molecule has 122 valence electrons. The fourth-order valence-corrected chi connectivity index (χ4v) is 2.89. The van der Waals surface area contributed by atoms with Crippen LogP contribution in [0.4, 0.5) is 0 Å². The summed E-state index contributed by atoms with van der Waals surface area (Å²) in [5.74, 6) is 2.17. The Morgan fingerprint density at radius 2 is 0.958 bits per heavy atom. The van der Waals surface area contributed by atoms with E-state index in [1.165, 1.54) is 0 Å². The Bertz CT molecular complexity index is 746.